The first kappa shape index (κ1) is 8.01. The third-order valence-corrected chi connectivity index (χ3v) is 2.74. The molecular weight excluding hydrogens is 158 g/mol. The summed E-state index contributed by atoms with van der Waals surface area (Å²) in [5.74, 6) is -1.08. The van der Waals surface area contributed by atoms with Gasteiger partial charge in [-0.25, -0.2) is 4.79 Å². The van der Waals surface area contributed by atoms with E-state index in [1.54, 1.807) is 0 Å². The second-order valence-corrected chi connectivity index (χ2v) is 3.79. The van der Waals surface area contributed by atoms with E-state index in [1.807, 2.05) is 0 Å². The lowest BCUT2D eigenvalue weighted by Crippen LogP contribution is -2.41. The van der Waals surface area contributed by atoms with Crippen LogP contribution in [-0.2, 0) is 4.79 Å². The number of nitrogens with zero attached hydrogens (tertiary/aromatic N) is 1. The van der Waals surface area contributed by atoms with Gasteiger partial charge in [-0.2, -0.15) is 0 Å². The monoisotopic (exact) mass is 171 g/mol. The molecule has 1 aliphatic heterocycles. The molecule has 2 N–H and O–H groups in total. The number of rotatable bonds is 2. The lowest BCUT2D eigenvalue weighted by atomic mass is 10.0. The molecule has 0 aromatic rings. The topological polar surface area (TPSA) is 60.8 Å². The first-order valence-corrected chi connectivity index (χ1v) is 4.32. The fraction of sp³-hybridized carbons (Fsp3) is 0.875. The highest BCUT2D eigenvalue weighted by atomic mass is 16.4. The van der Waals surface area contributed by atoms with Crippen molar-refractivity contribution in [3.8, 4) is 0 Å². The van der Waals surface area contributed by atoms with Gasteiger partial charge in [-0.05, 0) is 12.8 Å². The molecule has 1 heterocycles. The molecule has 0 amide bonds. The third-order valence-electron chi connectivity index (χ3n) is 2.74. The predicted octanol–water partition coefficient (Wildman–Crippen LogP) is -0.330. The SMILES string of the molecule is O=C(O)C1(O)CCN(C2CC2)C1. The van der Waals surface area contributed by atoms with E-state index in [1.165, 1.54) is 0 Å². The minimum Gasteiger partial charge on any atom is -0.479 e. The van der Waals surface area contributed by atoms with E-state index < -0.39 is 11.6 Å². The molecule has 4 heteroatoms. The second-order valence-electron chi connectivity index (χ2n) is 3.79. The van der Waals surface area contributed by atoms with Gasteiger partial charge in [-0.3, -0.25) is 4.90 Å². The Hall–Kier alpha value is -0.610. The van der Waals surface area contributed by atoms with Gasteiger partial charge < -0.3 is 10.2 Å². The van der Waals surface area contributed by atoms with Crippen molar-refractivity contribution in [2.45, 2.75) is 30.9 Å². The molecule has 12 heavy (non-hydrogen) atoms. The summed E-state index contributed by atoms with van der Waals surface area (Å²) < 4.78 is 0. The van der Waals surface area contributed by atoms with E-state index >= 15 is 0 Å². The zero-order valence-corrected chi connectivity index (χ0v) is 6.86. The maximum Gasteiger partial charge on any atom is 0.337 e. The number of likely N-dealkylation sites (tertiary alicyclic amines) is 1. The van der Waals surface area contributed by atoms with E-state index in [9.17, 15) is 9.90 Å². The Balaban J connectivity index is 1.99. The first-order valence-electron chi connectivity index (χ1n) is 4.32. The summed E-state index contributed by atoms with van der Waals surface area (Å²) >= 11 is 0. The Morgan fingerprint density at radius 1 is 1.50 bits per heavy atom. The van der Waals surface area contributed by atoms with Crippen molar-refractivity contribution >= 4 is 5.97 Å². The van der Waals surface area contributed by atoms with Gasteiger partial charge in [0.05, 0.1) is 0 Å². The number of carbonyl (C=O) groups is 1. The minimum absolute atomic E-state index is 0.312. The van der Waals surface area contributed by atoms with Crippen LogP contribution in [-0.4, -0.2) is 45.8 Å². The van der Waals surface area contributed by atoms with Crippen LogP contribution in [0.15, 0.2) is 0 Å². The molecule has 1 atom stereocenters. The highest BCUT2D eigenvalue weighted by Crippen LogP contribution is 2.33. The van der Waals surface area contributed by atoms with Crippen LogP contribution in [0, 0.1) is 0 Å². The summed E-state index contributed by atoms with van der Waals surface area (Å²) in [5.41, 5.74) is -1.47. The number of aliphatic hydroxyl groups is 1. The van der Waals surface area contributed by atoms with Crippen LogP contribution in [0.25, 0.3) is 0 Å². The van der Waals surface area contributed by atoms with Crippen LogP contribution in [0.3, 0.4) is 0 Å². The molecule has 1 saturated carbocycles. The van der Waals surface area contributed by atoms with E-state index in [-0.39, 0.29) is 0 Å². The average Bonchev–Trinajstić information content (AvgIpc) is 2.76. The van der Waals surface area contributed by atoms with E-state index in [0.717, 1.165) is 19.4 Å². The van der Waals surface area contributed by atoms with Crippen LogP contribution in [0.1, 0.15) is 19.3 Å². The molecule has 1 saturated heterocycles. The Kier molecular flexibility index (Phi) is 1.63. The van der Waals surface area contributed by atoms with Gasteiger partial charge in [0.1, 0.15) is 0 Å². The number of hydrogen-bond acceptors (Lipinski definition) is 3. The normalized spacial score (nSPS) is 37.1. The summed E-state index contributed by atoms with van der Waals surface area (Å²) in [6, 6.07) is 0.554. The van der Waals surface area contributed by atoms with Gasteiger partial charge >= 0.3 is 5.97 Å². The number of hydrogen-bond donors (Lipinski definition) is 2. The number of carboxylic acids is 1. The Bertz CT molecular complexity index is 214. The first-order chi connectivity index (χ1) is 5.62. The average molecular weight is 171 g/mol. The fourth-order valence-corrected chi connectivity index (χ4v) is 1.75. The molecular formula is C8H13NO3. The quantitative estimate of drug-likeness (QED) is 0.597. The van der Waals surface area contributed by atoms with Gasteiger partial charge in [0.25, 0.3) is 0 Å². The zero-order chi connectivity index (χ0) is 8.77. The Morgan fingerprint density at radius 2 is 2.17 bits per heavy atom. The molecule has 2 fully saturated rings. The highest BCUT2D eigenvalue weighted by molar-refractivity contribution is 5.77. The molecule has 2 rings (SSSR count). The molecule has 0 bridgehead atoms. The fourth-order valence-electron chi connectivity index (χ4n) is 1.75. The molecule has 1 aliphatic carbocycles. The van der Waals surface area contributed by atoms with Gasteiger partial charge in [-0.1, -0.05) is 0 Å². The minimum atomic E-state index is -1.47. The number of carboxylic acid groups (broad SMARTS) is 1. The summed E-state index contributed by atoms with van der Waals surface area (Å²) in [6.07, 6.45) is 2.70. The lowest BCUT2D eigenvalue weighted by molar-refractivity contribution is -0.156. The second kappa shape index (κ2) is 2.44. The van der Waals surface area contributed by atoms with Gasteiger partial charge in [0.15, 0.2) is 5.60 Å². The highest BCUT2D eigenvalue weighted by Gasteiger charge is 2.46. The molecule has 4 nitrogen and oxygen atoms in total. The zero-order valence-electron chi connectivity index (χ0n) is 6.86. The molecule has 0 radical (unpaired) electrons. The lowest BCUT2D eigenvalue weighted by Gasteiger charge is -2.18. The van der Waals surface area contributed by atoms with Crippen molar-refractivity contribution in [3.05, 3.63) is 0 Å². The molecule has 0 aromatic carbocycles. The summed E-state index contributed by atoms with van der Waals surface area (Å²) in [6.45, 7) is 1.04. The Labute approximate surface area is 70.8 Å². The van der Waals surface area contributed by atoms with E-state index in [4.69, 9.17) is 5.11 Å². The van der Waals surface area contributed by atoms with E-state index in [2.05, 4.69) is 4.90 Å². The van der Waals surface area contributed by atoms with Crippen molar-refractivity contribution in [2.24, 2.45) is 0 Å². The molecule has 68 valence electrons. The van der Waals surface area contributed by atoms with Crippen molar-refractivity contribution in [3.63, 3.8) is 0 Å². The van der Waals surface area contributed by atoms with E-state index in [0.29, 0.717) is 19.0 Å². The van der Waals surface area contributed by atoms with Gasteiger partial charge in [0, 0.05) is 25.6 Å². The molecule has 0 aromatic heterocycles. The maximum atomic E-state index is 10.6. The maximum absolute atomic E-state index is 10.6. The van der Waals surface area contributed by atoms with Crippen LogP contribution in [0.4, 0.5) is 0 Å². The molecule has 0 spiro atoms. The summed E-state index contributed by atoms with van der Waals surface area (Å²) in [5, 5.41) is 18.3. The molecule has 2 aliphatic rings. The largest absolute Gasteiger partial charge is 0.479 e. The van der Waals surface area contributed by atoms with Crippen LogP contribution >= 0.6 is 0 Å². The van der Waals surface area contributed by atoms with Gasteiger partial charge in [-0.15, -0.1) is 0 Å². The van der Waals surface area contributed by atoms with Gasteiger partial charge in [0.2, 0.25) is 0 Å². The predicted molar refractivity (Wildman–Crippen MR) is 41.8 cm³/mol. The van der Waals surface area contributed by atoms with Crippen molar-refractivity contribution in [1.29, 1.82) is 0 Å². The van der Waals surface area contributed by atoms with Crippen LogP contribution in [0.5, 0.6) is 0 Å². The van der Waals surface area contributed by atoms with Crippen molar-refractivity contribution in [2.75, 3.05) is 13.1 Å². The van der Waals surface area contributed by atoms with Crippen LogP contribution in [0.2, 0.25) is 0 Å². The smallest absolute Gasteiger partial charge is 0.337 e. The third kappa shape index (κ3) is 1.21. The van der Waals surface area contributed by atoms with Crippen molar-refractivity contribution in [1.82, 2.24) is 4.90 Å². The van der Waals surface area contributed by atoms with Crippen molar-refractivity contribution < 1.29 is 15.0 Å². The number of aliphatic carboxylic acids is 1. The Morgan fingerprint density at radius 3 is 2.58 bits per heavy atom. The molecule has 1 unspecified atom stereocenters. The number of β-amino-alcohol motifs (C(OH)–C–C–N with tert-alkyl or cyclic N) is 1. The van der Waals surface area contributed by atoms with Crippen LogP contribution < -0.4 is 0 Å². The summed E-state index contributed by atoms with van der Waals surface area (Å²) in [7, 11) is 0. The summed E-state index contributed by atoms with van der Waals surface area (Å²) in [4.78, 5) is 12.7. The standard InChI is InChI=1S/C8H13NO3/c10-7(11)8(12)3-4-9(5-8)6-1-2-6/h6,12H,1-5H2,(H,10,11).